The van der Waals surface area contributed by atoms with Crippen molar-refractivity contribution in [2.75, 3.05) is 26.5 Å². The van der Waals surface area contributed by atoms with Crippen molar-refractivity contribution in [3.8, 4) is 22.6 Å². The molecule has 7 heteroatoms. The van der Waals surface area contributed by atoms with Crippen LogP contribution in [0.4, 0.5) is 10.1 Å². The summed E-state index contributed by atoms with van der Waals surface area (Å²) in [4.78, 5) is 19.4. The number of aromatic hydroxyl groups is 1. The number of phenols is 1. The Balaban J connectivity index is 1.61. The minimum absolute atomic E-state index is 0.00730. The van der Waals surface area contributed by atoms with Crippen LogP contribution in [0.2, 0.25) is 0 Å². The number of halogens is 1. The zero-order valence-corrected chi connectivity index (χ0v) is 20.5. The summed E-state index contributed by atoms with van der Waals surface area (Å²) in [6.45, 7) is 0. The molecule has 2 fully saturated rings. The van der Waals surface area contributed by atoms with Gasteiger partial charge in [0.05, 0.1) is 29.6 Å². The van der Waals surface area contributed by atoms with E-state index in [4.69, 9.17) is 9.72 Å². The predicted molar refractivity (Wildman–Crippen MR) is 136 cm³/mol. The summed E-state index contributed by atoms with van der Waals surface area (Å²) >= 11 is 0. The third-order valence-electron chi connectivity index (χ3n) is 7.49. The predicted octanol–water partition coefficient (Wildman–Crippen LogP) is 5.73. The van der Waals surface area contributed by atoms with Gasteiger partial charge in [0, 0.05) is 35.0 Å². The number of anilines is 1. The molecule has 2 saturated carbocycles. The molecular weight excluding hydrogens is 445 g/mol. The summed E-state index contributed by atoms with van der Waals surface area (Å²) in [6.07, 6.45) is 7.10. The van der Waals surface area contributed by atoms with E-state index in [0.29, 0.717) is 28.2 Å². The molecule has 6 nitrogen and oxygen atoms in total. The van der Waals surface area contributed by atoms with Crippen LogP contribution in [0.3, 0.4) is 0 Å². The van der Waals surface area contributed by atoms with Crippen LogP contribution in [0, 0.1) is 5.82 Å². The van der Waals surface area contributed by atoms with Gasteiger partial charge in [-0.15, -0.1) is 0 Å². The quantitative estimate of drug-likeness (QED) is 0.424. The van der Waals surface area contributed by atoms with Gasteiger partial charge in [-0.2, -0.15) is 0 Å². The number of phenolic OH excluding ortho intramolecular Hbond substituents is 1. The minimum atomic E-state index is -0.407. The van der Waals surface area contributed by atoms with Crippen molar-refractivity contribution in [3.63, 3.8) is 0 Å². The molecule has 0 bridgehead atoms. The zero-order valence-electron chi connectivity index (χ0n) is 20.5. The Kier molecular flexibility index (Phi) is 6.36. The van der Waals surface area contributed by atoms with E-state index in [9.17, 15) is 9.90 Å². The molecule has 35 heavy (non-hydrogen) atoms. The largest absolute Gasteiger partial charge is 0.504 e. The van der Waals surface area contributed by atoms with Crippen molar-refractivity contribution in [3.05, 3.63) is 47.4 Å². The fourth-order valence-electron chi connectivity index (χ4n) is 5.27. The number of ether oxygens (including phenoxy) is 1. The molecule has 2 aliphatic carbocycles. The lowest BCUT2D eigenvalue weighted by Gasteiger charge is -2.34. The number of aldehydes is 1. The lowest BCUT2D eigenvalue weighted by Crippen LogP contribution is -2.36. The van der Waals surface area contributed by atoms with Gasteiger partial charge >= 0.3 is 0 Å². The van der Waals surface area contributed by atoms with Gasteiger partial charge in [0.1, 0.15) is 5.82 Å². The van der Waals surface area contributed by atoms with Crippen LogP contribution in [-0.2, 0) is 0 Å². The molecule has 0 spiro atoms. The molecule has 0 saturated heterocycles. The molecule has 2 aromatic carbocycles. The standard InChI is InChI=1S/C28H32FN3O3/c1-32(2)19-9-7-18(8-10-19)30-28-21-13-20(17-6-11-25(34)26(12-17)35-3)23(29)14-24(21)31-27(16-4-5-16)22(28)15-33/h6,11-16,18-19,34H,4-5,7-10H2,1-3H3,(H,30,31)/t18-,19-. The van der Waals surface area contributed by atoms with Crippen molar-refractivity contribution in [2.45, 2.75) is 56.5 Å². The topological polar surface area (TPSA) is 74.7 Å². The Hall–Kier alpha value is -3.19. The van der Waals surface area contributed by atoms with Crippen LogP contribution in [0.25, 0.3) is 22.0 Å². The van der Waals surface area contributed by atoms with Crippen LogP contribution in [0.1, 0.15) is 60.5 Å². The summed E-state index contributed by atoms with van der Waals surface area (Å²) < 4.78 is 20.6. The van der Waals surface area contributed by atoms with Gasteiger partial charge in [-0.3, -0.25) is 9.78 Å². The highest BCUT2D eigenvalue weighted by atomic mass is 19.1. The second-order valence-corrected chi connectivity index (χ2v) is 10.0. The monoisotopic (exact) mass is 477 g/mol. The van der Waals surface area contributed by atoms with Crippen LogP contribution in [0.5, 0.6) is 11.5 Å². The van der Waals surface area contributed by atoms with Crippen molar-refractivity contribution in [1.29, 1.82) is 0 Å². The summed E-state index contributed by atoms with van der Waals surface area (Å²) in [5.74, 6) is 0.116. The van der Waals surface area contributed by atoms with E-state index in [-0.39, 0.29) is 23.5 Å². The molecule has 0 atom stereocenters. The maximum Gasteiger partial charge on any atom is 0.161 e. The van der Waals surface area contributed by atoms with Gasteiger partial charge in [-0.1, -0.05) is 6.07 Å². The normalized spacial score (nSPS) is 20.3. The molecule has 3 aromatic rings. The van der Waals surface area contributed by atoms with E-state index in [2.05, 4.69) is 24.3 Å². The molecule has 0 unspecified atom stereocenters. The number of hydrogen-bond acceptors (Lipinski definition) is 6. The Morgan fingerprint density at radius 3 is 2.49 bits per heavy atom. The Labute approximate surface area is 205 Å². The van der Waals surface area contributed by atoms with E-state index in [1.54, 1.807) is 18.2 Å². The lowest BCUT2D eigenvalue weighted by molar-refractivity contribution is 0.112. The molecule has 0 amide bonds. The molecule has 5 rings (SSSR count). The highest BCUT2D eigenvalue weighted by molar-refractivity contribution is 6.03. The lowest BCUT2D eigenvalue weighted by atomic mass is 9.89. The number of benzene rings is 2. The van der Waals surface area contributed by atoms with Crippen LogP contribution in [0.15, 0.2) is 30.3 Å². The van der Waals surface area contributed by atoms with Gasteiger partial charge in [0.2, 0.25) is 0 Å². The number of rotatable bonds is 7. The molecule has 1 aromatic heterocycles. The molecule has 1 heterocycles. The Morgan fingerprint density at radius 2 is 1.86 bits per heavy atom. The number of carbonyl (C=O) groups is 1. The van der Waals surface area contributed by atoms with Crippen LogP contribution < -0.4 is 10.1 Å². The number of hydrogen-bond donors (Lipinski definition) is 2. The molecule has 184 valence electrons. The third kappa shape index (κ3) is 4.57. The second-order valence-electron chi connectivity index (χ2n) is 10.0. The number of carbonyl (C=O) groups excluding carboxylic acids is 1. The smallest absolute Gasteiger partial charge is 0.161 e. The number of pyridine rings is 1. The van der Waals surface area contributed by atoms with Crippen LogP contribution >= 0.6 is 0 Å². The maximum atomic E-state index is 15.3. The highest BCUT2D eigenvalue weighted by Gasteiger charge is 2.31. The minimum Gasteiger partial charge on any atom is -0.504 e. The molecule has 0 radical (unpaired) electrons. The van der Waals surface area contributed by atoms with Crippen molar-refractivity contribution in [1.82, 2.24) is 9.88 Å². The SMILES string of the molecule is COc1cc(-c2cc3c(N[C@H]4CC[C@H](N(C)C)CC4)c(C=O)c(C4CC4)nc3cc2F)ccc1O. The van der Waals surface area contributed by atoms with E-state index in [1.165, 1.54) is 19.2 Å². The average Bonchev–Trinajstić information content (AvgIpc) is 3.70. The highest BCUT2D eigenvalue weighted by Crippen LogP contribution is 2.45. The second kappa shape index (κ2) is 9.46. The zero-order chi connectivity index (χ0) is 24.7. The number of nitrogens with zero attached hydrogens (tertiary/aromatic N) is 2. The first-order valence-corrected chi connectivity index (χ1v) is 12.3. The van der Waals surface area contributed by atoms with E-state index >= 15 is 4.39 Å². The summed E-state index contributed by atoms with van der Waals surface area (Å²) in [7, 11) is 5.70. The van der Waals surface area contributed by atoms with Crippen LogP contribution in [-0.4, -0.2) is 54.6 Å². The average molecular weight is 478 g/mol. The van der Waals surface area contributed by atoms with E-state index < -0.39 is 5.82 Å². The fraction of sp³-hybridized carbons (Fsp3) is 0.429. The first-order valence-electron chi connectivity index (χ1n) is 12.3. The van der Waals surface area contributed by atoms with Crippen molar-refractivity contribution in [2.24, 2.45) is 0 Å². The summed E-state index contributed by atoms with van der Waals surface area (Å²) in [5, 5.41) is 14.4. The van der Waals surface area contributed by atoms with Crippen molar-refractivity contribution < 1.29 is 19.0 Å². The van der Waals surface area contributed by atoms with Gasteiger partial charge in [0.15, 0.2) is 17.8 Å². The maximum absolute atomic E-state index is 15.3. The van der Waals surface area contributed by atoms with E-state index in [0.717, 1.165) is 61.6 Å². The third-order valence-corrected chi connectivity index (χ3v) is 7.49. The number of methoxy groups -OCH3 is 1. The molecular formula is C28H32FN3O3. The van der Waals surface area contributed by atoms with E-state index in [1.807, 2.05) is 0 Å². The first-order chi connectivity index (χ1) is 16.9. The van der Waals surface area contributed by atoms with Gasteiger partial charge in [0.25, 0.3) is 0 Å². The molecule has 2 aliphatic rings. The first kappa shape index (κ1) is 23.5. The molecule has 2 N–H and O–H groups in total. The summed E-state index contributed by atoms with van der Waals surface area (Å²) in [5.41, 5.74) is 3.62. The van der Waals surface area contributed by atoms with Gasteiger partial charge in [-0.05, 0) is 76.4 Å². The number of nitrogens with one attached hydrogen (secondary N) is 1. The van der Waals surface area contributed by atoms with Gasteiger partial charge in [-0.25, -0.2) is 4.39 Å². The Bertz CT molecular complexity index is 1260. The van der Waals surface area contributed by atoms with Gasteiger partial charge < -0.3 is 20.1 Å². The summed E-state index contributed by atoms with van der Waals surface area (Å²) in [6, 6.07) is 8.79. The molecule has 0 aliphatic heterocycles. The van der Waals surface area contributed by atoms with Crippen molar-refractivity contribution >= 4 is 22.9 Å². The number of aromatic nitrogens is 1. The fourth-order valence-corrected chi connectivity index (χ4v) is 5.27. The number of fused-ring (bicyclic) bond motifs is 1. The Morgan fingerprint density at radius 1 is 1.11 bits per heavy atom.